The van der Waals surface area contributed by atoms with Gasteiger partial charge < -0.3 is 0 Å². The molecule has 3 rings (SSSR count). The van der Waals surface area contributed by atoms with Crippen LogP contribution in [0.3, 0.4) is 0 Å². The van der Waals surface area contributed by atoms with Crippen molar-refractivity contribution in [3.05, 3.63) is 41.1 Å². The first-order valence-electron chi connectivity index (χ1n) is 8.41. The summed E-state index contributed by atoms with van der Waals surface area (Å²) in [5.41, 5.74) is 7.58. The van der Waals surface area contributed by atoms with Gasteiger partial charge in [0.25, 0.3) is 5.91 Å². The number of sulfone groups is 1. The second-order valence-corrected chi connectivity index (χ2v) is 9.02. The SMILES string of the molecule is Cc1ccc2cc(C(=O)NNC(=O)CC3CCS(=O)(=O)C3)c(C)nc2c1. The van der Waals surface area contributed by atoms with Crippen molar-refractivity contribution < 1.29 is 18.0 Å². The van der Waals surface area contributed by atoms with Crippen molar-refractivity contribution in [1.29, 1.82) is 0 Å². The third kappa shape index (κ3) is 4.19. The largest absolute Gasteiger partial charge is 0.273 e. The lowest BCUT2D eigenvalue weighted by atomic mass is 10.1. The standard InChI is InChI=1S/C18H21N3O4S/c1-11-3-4-14-9-15(12(2)19-16(14)7-11)18(23)21-20-17(22)8-13-5-6-26(24,25)10-13/h3-4,7,9,13H,5-6,8,10H2,1-2H3,(H,20,22)(H,21,23). The van der Waals surface area contributed by atoms with Crippen LogP contribution >= 0.6 is 0 Å². The number of nitrogens with zero attached hydrogens (tertiary/aromatic N) is 1. The van der Waals surface area contributed by atoms with Crippen LogP contribution in [0.1, 0.15) is 34.5 Å². The molecule has 1 atom stereocenters. The van der Waals surface area contributed by atoms with Crippen molar-refractivity contribution in [2.24, 2.45) is 5.92 Å². The minimum absolute atomic E-state index is 0.0293. The molecular formula is C18H21N3O4S. The van der Waals surface area contributed by atoms with E-state index < -0.39 is 21.7 Å². The maximum absolute atomic E-state index is 12.4. The van der Waals surface area contributed by atoms with Crippen LogP contribution in [0.15, 0.2) is 24.3 Å². The number of rotatable bonds is 3. The summed E-state index contributed by atoms with van der Waals surface area (Å²) >= 11 is 0. The summed E-state index contributed by atoms with van der Waals surface area (Å²) in [4.78, 5) is 28.7. The molecular weight excluding hydrogens is 354 g/mol. The molecule has 1 saturated heterocycles. The molecule has 1 aliphatic rings. The zero-order chi connectivity index (χ0) is 18.9. The second-order valence-electron chi connectivity index (χ2n) is 6.79. The maximum Gasteiger partial charge on any atom is 0.271 e. The highest BCUT2D eigenvalue weighted by Gasteiger charge is 2.29. The number of hydrogen-bond donors (Lipinski definition) is 2. The molecule has 0 bridgehead atoms. The molecule has 138 valence electrons. The van der Waals surface area contributed by atoms with Crippen molar-refractivity contribution in [2.45, 2.75) is 26.7 Å². The van der Waals surface area contributed by atoms with Gasteiger partial charge >= 0.3 is 0 Å². The molecule has 1 aromatic carbocycles. The zero-order valence-corrected chi connectivity index (χ0v) is 15.5. The van der Waals surface area contributed by atoms with Gasteiger partial charge in [0, 0.05) is 11.8 Å². The first kappa shape index (κ1) is 18.3. The van der Waals surface area contributed by atoms with Gasteiger partial charge in [-0.05, 0) is 43.9 Å². The van der Waals surface area contributed by atoms with E-state index in [1.165, 1.54) is 0 Å². The number of amides is 2. The number of fused-ring (bicyclic) bond motifs is 1. The molecule has 1 aliphatic heterocycles. The van der Waals surface area contributed by atoms with Gasteiger partial charge in [-0.15, -0.1) is 0 Å². The summed E-state index contributed by atoms with van der Waals surface area (Å²) < 4.78 is 22.9. The molecule has 8 heteroatoms. The fourth-order valence-corrected chi connectivity index (χ4v) is 5.01. The number of carbonyl (C=O) groups is 2. The summed E-state index contributed by atoms with van der Waals surface area (Å²) in [6.45, 7) is 3.71. The Morgan fingerprint density at radius 3 is 2.65 bits per heavy atom. The monoisotopic (exact) mass is 375 g/mol. The molecule has 1 aromatic heterocycles. The number of carbonyl (C=O) groups excluding carboxylic acids is 2. The molecule has 0 spiro atoms. The summed E-state index contributed by atoms with van der Waals surface area (Å²) in [5.74, 6) is -0.892. The number of nitrogens with one attached hydrogen (secondary N) is 2. The van der Waals surface area contributed by atoms with Crippen LogP contribution in [0.25, 0.3) is 10.9 Å². The van der Waals surface area contributed by atoms with Gasteiger partial charge in [0.15, 0.2) is 9.84 Å². The fraction of sp³-hybridized carbons (Fsp3) is 0.389. The maximum atomic E-state index is 12.4. The highest BCUT2D eigenvalue weighted by molar-refractivity contribution is 7.91. The van der Waals surface area contributed by atoms with Crippen LogP contribution in [0, 0.1) is 19.8 Å². The molecule has 1 fully saturated rings. The lowest BCUT2D eigenvalue weighted by molar-refractivity contribution is -0.122. The van der Waals surface area contributed by atoms with Gasteiger partial charge in [0.1, 0.15) is 0 Å². The molecule has 0 radical (unpaired) electrons. The van der Waals surface area contributed by atoms with Crippen LogP contribution in [0.2, 0.25) is 0 Å². The predicted molar refractivity (Wildman–Crippen MR) is 98.2 cm³/mol. The number of aromatic nitrogens is 1. The Balaban J connectivity index is 1.63. The lowest BCUT2D eigenvalue weighted by Gasteiger charge is -2.11. The van der Waals surface area contributed by atoms with Crippen LogP contribution in [-0.4, -0.2) is 36.7 Å². The minimum atomic E-state index is -3.02. The van der Waals surface area contributed by atoms with Gasteiger partial charge in [0.05, 0.1) is 28.3 Å². The van der Waals surface area contributed by atoms with E-state index in [0.717, 1.165) is 16.5 Å². The van der Waals surface area contributed by atoms with Gasteiger partial charge in [-0.25, -0.2) is 8.42 Å². The van der Waals surface area contributed by atoms with Gasteiger partial charge in [-0.2, -0.15) is 0 Å². The van der Waals surface area contributed by atoms with E-state index in [1.54, 1.807) is 13.0 Å². The summed E-state index contributed by atoms with van der Waals surface area (Å²) in [6, 6.07) is 7.52. The molecule has 26 heavy (non-hydrogen) atoms. The molecule has 2 N–H and O–H groups in total. The van der Waals surface area contributed by atoms with Crippen molar-refractivity contribution in [1.82, 2.24) is 15.8 Å². The third-order valence-corrected chi connectivity index (χ3v) is 6.36. The van der Waals surface area contributed by atoms with E-state index in [1.807, 2.05) is 25.1 Å². The smallest absolute Gasteiger partial charge is 0.271 e. The summed E-state index contributed by atoms with van der Waals surface area (Å²) in [6.07, 6.45) is 0.560. The number of hydrogen-bond acceptors (Lipinski definition) is 5. The Morgan fingerprint density at radius 2 is 1.96 bits per heavy atom. The Morgan fingerprint density at radius 1 is 1.19 bits per heavy atom. The Kier molecular flexibility index (Phi) is 4.95. The first-order chi connectivity index (χ1) is 12.2. The average Bonchev–Trinajstić information content (AvgIpc) is 2.90. The number of hydrazine groups is 1. The molecule has 1 unspecified atom stereocenters. The van der Waals surface area contributed by atoms with Crippen molar-refractivity contribution in [3.63, 3.8) is 0 Å². The number of pyridine rings is 1. The van der Waals surface area contributed by atoms with Crippen LogP contribution in [-0.2, 0) is 14.6 Å². The molecule has 0 aliphatic carbocycles. The van der Waals surface area contributed by atoms with E-state index in [-0.39, 0.29) is 23.8 Å². The van der Waals surface area contributed by atoms with Gasteiger partial charge in [-0.1, -0.05) is 12.1 Å². The average molecular weight is 375 g/mol. The predicted octanol–water partition coefficient (Wildman–Crippen LogP) is 1.44. The van der Waals surface area contributed by atoms with E-state index in [4.69, 9.17) is 0 Å². The van der Waals surface area contributed by atoms with Gasteiger partial charge in [-0.3, -0.25) is 25.4 Å². The molecule has 7 nitrogen and oxygen atoms in total. The Labute approximate surface area is 152 Å². The molecule has 2 amide bonds. The quantitative estimate of drug-likeness (QED) is 0.790. The molecule has 0 saturated carbocycles. The highest BCUT2D eigenvalue weighted by Crippen LogP contribution is 2.21. The van der Waals surface area contributed by atoms with Crippen LogP contribution in [0.4, 0.5) is 0 Å². The third-order valence-electron chi connectivity index (χ3n) is 4.52. The zero-order valence-electron chi connectivity index (χ0n) is 14.7. The fourth-order valence-electron chi connectivity index (χ4n) is 3.14. The van der Waals surface area contributed by atoms with E-state index in [9.17, 15) is 18.0 Å². The van der Waals surface area contributed by atoms with Crippen molar-refractivity contribution in [3.8, 4) is 0 Å². The van der Waals surface area contributed by atoms with E-state index >= 15 is 0 Å². The topological polar surface area (TPSA) is 105 Å². The van der Waals surface area contributed by atoms with Crippen molar-refractivity contribution >= 4 is 32.6 Å². The number of benzene rings is 1. The van der Waals surface area contributed by atoms with Crippen LogP contribution in [0.5, 0.6) is 0 Å². The Hall–Kier alpha value is -2.48. The van der Waals surface area contributed by atoms with Crippen LogP contribution < -0.4 is 10.9 Å². The second kappa shape index (κ2) is 7.03. The number of aryl methyl sites for hydroxylation is 2. The van der Waals surface area contributed by atoms with Crippen molar-refractivity contribution in [2.75, 3.05) is 11.5 Å². The molecule has 2 aromatic rings. The highest BCUT2D eigenvalue weighted by atomic mass is 32.2. The normalized spacial score (nSPS) is 18.6. The summed E-state index contributed by atoms with van der Waals surface area (Å²) in [5, 5.41) is 0.842. The first-order valence-corrected chi connectivity index (χ1v) is 10.2. The van der Waals surface area contributed by atoms with Gasteiger partial charge in [0.2, 0.25) is 5.91 Å². The Bertz CT molecular complexity index is 985. The summed E-state index contributed by atoms with van der Waals surface area (Å²) in [7, 11) is -3.02. The minimum Gasteiger partial charge on any atom is -0.273 e. The van der Waals surface area contributed by atoms with E-state index in [2.05, 4.69) is 15.8 Å². The lowest BCUT2D eigenvalue weighted by Crippen LogP contribution is -2.42. The van der Waals surface area contributed by atoms with E-state index in [0.29, 0.717) is 17.7 Å². The molecule has 2 heterocycles.